The molecule has 1 aliphatic rings. The van der Waals surface area contributed by atoms with Crippen LogP contribution in [0.25, 0.3) is 21.1 Å². The summed E-state index contributed by atoms with van der Waals surface area (Å²) in [6, 6.07) is 23.1. The second-order valence-electron chi connectivity index (χ2n) is 10.4. The Balaban J connectivity index is 1.06. The Bertz CT molecular complexity index is 2000. The van der Waals surface area contributed by atoms with Gasteiger partial charge in [0.2, 0.25) is 5.88 Å². The fourth-order valence-corrected chi connectivity index (χ4v) is 7.36. The standard InChI is InChI=1S/C33H27N5O5S2/c39-29(36-31-35-25-10-1-2-13-27(25)44-31)21-8-3-7-20-15-17-38(19-23(20)21)32-37-30(43-33(40)41)28(45-32)14-6-18-42-26-12-4-11-24-22(26)9-5-16-34-24/h1-5,7-13,16H,6,14-15,17-19H2,(H,40,41)(H,35,36,39). The predicted molar refractivity (Wildman–Crippen MR) is 175 cm³/mol. The molecule has 10 nitrogen and oxygen atoms in total. The van der Waals surface area contributed by atoms with Crippen molar-refractivity contribution in [2.24, 2.45) is 0 Å². The maximum absolute atomic E-state index is 13.4. The Morgan fingerprint density at radius 1 is 0.956 bits per heavy atom. The molecule has 7 rings (SSSR count). The highest BCUT2D eigenvalue weighted by atomic mass is 32.1. The molecule has 0 fully saturated rings. The van der Waals surface area contributed by atoms with Gasteiger partial charge in [0, 0.05) is 30.2 Å². The summed E-state index contributed by atoms with van der Waals surface area (Å²) < 4.78 is 12.1. The van der Waals surface area contributed by atoms with Crippen LogP contribution in [0.2, 0.25) is 0 Å². The minimum Gasteiger partial charge on any atom is -0.493 e. The number of carbonyl (C=O) groups is 2. The van der Waals surface area contributed by atoms with Crippen molar-refractivity contribution in [3.05, 3.63) is 101 Å². The van der Waals surface area contributed by atoms with E-state index in [9.17, 15) is 14.7 Å². The summed E-state index contributed by atoms with van der Waals surface area (Å²) in [6.07, 6.45) is 2.22. The molecule has 0 aliphatic carbocycles. The van der Waals surface area contributed by atoms with Gasteiger partial charge in [-0.05, 0) is 72.9 Å². The number of rotatable bonds is 9. The third kappa shape index (κ3) is 6.15. The van der Waals surface area contributed by atoms with E-state index in [1.165, 1.54) is 22.7 Å². The number of fused-ring (bicyclic) bond motifs is 3. The number of benzene rings is 3. The largest absolute Gasteiger partial charge is 0.512 e. The number of nitrogens with one attached hydrogen (secondary N) is 1. The van der Waals surface area contributed by atoms with Gasteiger partial charge in [0.15, 0.2) is 10.3 Å². The Morgan fingerprint density at radius 3 is 2.71 bits per heavy atom. The van der Waals surface area contributed by atoms with Crippen LogP contribution in [0.5, 0.6) is 11.6 Å². The van der Waals surface area contributed by atoms with Gasteiger partial charge in [-0.1, -0.05) is 53.0 Å². The van der Waals surface area contributed by atoms with Crippen LogP contribution in [-0.4, -0.2) is 45.3 Å². The quantitative estimate of drug-likeness (QED) is 0.125. The summed E-state index contributed by atoms with van der Waals surface area (Å²) in [5.74, 6) is 0.622. The summed E-state index contributed by atoms with van der Waals surface area (Å²) in [7, 11) is 0. The molecule has 0 saturated carbocycles. The van der Waals surface area contributed by atoms with Gasteiger partial charge in [-0.15, -0.1) is 0 Å². The average molecular weight is 638 g/mol. The van der Waals surface area contributed by atoms with Crippen molar-refractivity contribution in [1.82, 2.24) is 15.0 Å². The zero-order chi connectivity index (χ0) is 30.8. The molecule has 0 spiro atoms. The lowest BCUT2D eigenvalue weighted by molar-refractivity contribution is 0.102. The van der Waals surface area contributed by atoms with Gasteiger partial charge in [-0.25, -0.2) is 9.78 Å². The van der Waals surface area contributed by atoms with E-state index in [1.54, 1.807) is 6.20 Å². The van der Waals surface area contributed by atoms with Crippen molar-refractivity contribution in [3.8, 4) is 11.6 Å². The van der Waals surface area contributed by atoms with Crippen LogP contribution < -0.4 is 19.7 Å². The third-order valence-corrected chi connectivity index (χ3v) is 9.66. The van der Waals surface area contributed by atoms with Gasteiger partial charge in [-0.2, -0.15) is 4.98 Å². The molecule has 4 heterocycles. The second-order valence-corrected chi connectivity index (χ2v) is 12.5. The fourth-order valence-electron chi connectivity index (χ4n) is 5.44. The van der Waals surface area contributed by atoms with E-state index in [-0.39, 0.29) is 11.8 Å². The van der Waals surface area contributed by atoms with Crippen molar-refractivity contribution in [2.45, 2.75) is 25.8 Å². The second kappa shape index (κ2) is 12.5. The van der Waals surface area contributed by atoms with E-state index in [2.05, 4.69) is 25.2 Å². The van der Waals surface area contributed by atoms with Crippen molar-refractivity contribution in [3.63, 3.8) is 0 Å². The molecular formula is C33H27N5O5S2. The molecule has 0 saturated heterocycles. The lowest BCUT2D eigenvalue weighted by Crippen LogP contribution is -2.32. The van der Waals surface area contributed by atoms with Crippen LogP contribution in [-0.2, 0) is 19.4 Å². The number of nitrogens with zero attached hydrogens (tertiary/aromatic N) is 4. The van der Waals surface area contributed by atoms with Crippen LogP contribution in [0.15, 0.2) is 79.0 Å². The predicted octanol–water partition coefficient (Wildman–Crippen LogP) is 7.18. The van der Waals surface area contributed by atoms with Crippen LogP contribution >= 0.6 is 22.7 Å². The first-order valence-electron chi connectivity index (χ1n) is 14.4. The van der Waals surface area contributed by atoms with Crippen molar-refractivity contribution < 1.29 is 24.2 Å². The zero-order valence-corrected chi connectivity index (χ0v) is 25.6. The molecule has 2 N–H and O–H groups in total. The van der Waals surface area contributed by atoms with Crippen molar-refractivity contribution in [1.29, 1.82) is 0 Å². The minimum atomic E-state index is -1.41. The fraction of sp³-hybridized carbons (Fsp3) is 0.182. The summed E-state index contributed by atoms with van der Waals surface area (Å²) >= 11 is 2.84. The van der Waals surface area contributed by atoms with E-state index < -0.39 is 6.16 Å². The molecule has 12 heteroatoms. The van der Waals surface area contributed by atoms with Gasteiger partial charge >= 0.3 is 6.16 Å². The van der Waals surface area contributed by atoms with Crippen molar-refractivity contribution >= 4 is 66.1 Å². The Hall–Kier alpha value is -5.07. The Kier molecular flexibility index (Phi) is 7.97. The number of thiazole rings is 2. The first-order valence-corrected chi connectivity index (χ1v) is 16.0. The molecule has 1 amide bonds. The number of anilines is 2. The van der Waals surface area contributed by atoms with E-state index >= 15 is 0 Å². The van der Waals surface area contributed by atoms with Crippen LogP contribution in [0.3, 0.4) is 0 Å². The van der Waals surface area contributed by atoms with Gasteiger partial charge in [0.1, 0.15) is 5.75 Å². The topological polar surface area (TPSA) is 127 Å². The molecule has 0 unspecified atom stereocenters. The van der Waals surface area contributed by atoms with E-state index in [4.69, 9.17) is 9.47 Å². The zero-order valence-electron chi connectivity index (χ0n) is 23.9. The van der Waals surface area contributed by atoms with E-state index in [1.807, 2.05) is 72.8 Å². The molecule has 1 aliphatic heterocycles. The molecule has 45 heavy (non-hydrogen) atoms. The molecule has 0 radical (unpaired) electrons. The molecule has 226 valence electrons. The van der Waals surface area contributed by atoms with E-state index in [0.29, 0.717) is 48.4 Å². The number of aryl methyl sites for hydroxylation is 1. The number of pyridine rings is 1. The molecule has 3 aromatic heterocycles. The third-order valence-electron chi connectivity index (χ3n) is 7.55. The highest BCUT2D eigenvalue weighted by molar-refractivity contribution is 7.22. The maximum Gasteiger partial charge on any atom is 0.512 e. The van der Waals surface area contributed by atoms with E-state index in [0.717, 1.165) is 49.3 Å². The Morgan fingerprint density at radius 2 is 1.82 bits per heavy atom. The van der Waals surface area contributed by atoms with Gasteiger partial charge < -0.3 is 19.5 Å². The first-order chi connectivity index (χ1) is 22.0. The lowest BCUT2D eigenvalue weighted by atomic mass is 9.94. The summed E-state index contributed by atoms with van der Waals surface area (Å²) in [5.41, 5.74) is 4.30. The SMILES string of the molecule is O=C(O)Oc1nc(N2CCc3cccc(C(=O)Nc4nc5ccccc5s4)c3C2)sc1CCCOc1cccc2ncccc12. The maximum atomic E-state index is 13.4. The van der Waals surface area contributed by atoms with Crippen molar-refractivity contribution in [2.75, 3.05) is 23.4 Å². The number of hydrogen-bond acceptors (Lipinski definition) is 10. The van der Waals surface area contributed by atoms with Gasteiger partial charge in [-0.3, -0.25) is 15.1 Å². The number of aromatic nitrogens is 3. The summed E-state index contributed by atoms with van der Waals surface area (Å²) in [6.45, 7) is 1.56. The first kappa shape index (κ1) is 28.7. The number of carboxylic acid groups (broad SMARTS) is 1. The summed E-state index contributed by atoms with van der Waals surface area (Å²) in [4.78, 5) is 41.2. The average Bonchev–Trinajstić information content (AvgIpc) is 3.65. The smallest absolute Gasteiger partial charge is 0.493 e. The lowest BCUT2D eigenvalue weighted by Gasteiger charge is -2.29. The molecule has 6 aromatic rings. The number of carbonyl (C=O) groups excluding carboxylic acids is 1. The van der Waals surface area contributed by atoms with Crippen LogP contribution in [0.4, 0.5) is 15.1 Å². The van der Waals surface area contributed by atoms with Gasteiger partial charge in [0.05, 0.1) is 27.2 Å². The number of ether oxygens (including phenoxy) is 2. The van der Waals surface area contributed by atoms with Gasteiger partial charge in [0.25, 0.3) is 5.91 Å². The molecular weight excluding hydrogens is 611 g/mol. The minimum absolute atomic E-state index is 0.0875. The number of para-hydroxylation sites is 1. The normalized spacial score (nSPS) is 12.7. The highest BCUT2D eigenvalue weighted by Crippen LogP contribution is 2.36. The van der Waals surface area contributed by atoms with Crippen LogP contribution in [0, 0.1) is 0 Å². The monoisotopic (exact) mass is 637 g/mol. The Labute approximate surface area is 265 Å². The van der Waals surface area contributed by atoms with Crippen LogP contribution in [0.1, 0.15) is 32.8 Å². The molecule has 0 bridgehead atoms. The molecule has 3 aromatic carbocycles. The number of amides is 1. The summed E-state index contributed by atoms with van der Waals surface area (Å²) in [5, 5.41) is 14.5. The number of hydrogen-bond donors (Lipinski definition) is 2. The highest BCUT2D eigenvalue weighted by Gasteiger charge is 2.26. The molecule has 0 atom stereocenters.